The first-order chi connectivity index (χ1) is 13.7. The number of hydrogen-bond acceptors (Lipinski definition) is 0. The molecule has 0 N–H and O–H groups in total. The normalized spacial score (nSPS) is 11.1. The van der Waals surface area contributed by atoms with Crippen molar-refractivity contribution in [1.82, 2.24) is 0 Å². The lowest BCUT2D eigenvalue weighted by molar-refractivity contribution is 0.547. The Kier molecular flexibility index (Phi) is 6.36. The van der Waals surface area contributed by atoms with Gasteiger partial charge in [-0.1, -0.05) is 12.1 Å². The van der Waals surface area contributed by atoms with E-state index in [0.717, 1.165) is 5.56 Å². The molecule has 0 nitrogen and oxygen atoms in total. The summed E-state index contributed by atoms with van der Waals surface area (Å²) in [6.07, 6.45) is 0.705. The average molecular weight is 404 g/mol. The molecule has 29 heavy (non-hydrogen) atoms. The van der Waals surface area contributed by atoms with Crippen molar-refractivity contribution in [3.63, 3.8) is 0 Å². The third-order valence-corrected chi connectivity index (χ3v) is 5.10. The smallest absolute Gasteiger partial charge is 0.129 e. The number of halogens is 5. The predicted octanol–water partition coefficient (Wildman–Crippen LogP) is 6.57. The van der Waals surface area contributed by atoms with Gasteiger partial charge in [0.15, 0.2) is 0 Å². The maximum absolute atomic E-state index is 14.4. The van der Waals surface area contributed by atoms with Crippen LogP contribution in [0.4, 0.5) is 22.0 Å². The van der Waals surface area contributed by atoms with Crippen LogP contribution < -0.4 is 0 Å². The summed E-state index contributed by atoms with van der Waals surface area (Å²) in [7, 11) is 0. The highest BCUT2D eigenvalue weighted by atomic mass is 19.1. The molecule has 0 unspecified atom stereocenters. The lowest BCUT2D eigenvalue weighted by atomic mass is 9.98. The van der Waals surface area contributed by atoms with Gasteiger partial charge in [0.05, 0.1) is 0 Å². The minimum Gasteiger partial charge on any atom is -0.207 e. The Morgan fingerprint density at radius 3 is 1.59 bits per heavy atom. The van der Waals surface area contributed by atoms with E-state index in [1.54, 1.807) is 19.1 Å². The number of benzene rings is 3. The van der Waals surface area contributed by atoms with E-state index in [2.05, 4.69) is 0 Å². The summed E-state index contributed by atoms with van der Waals surface area (Å²) < 4.78 is 70.1. The molecule has 0 atom stereocenters. The van der Waals surface area contributed by atoms with Gasteiger partial charge in [0.25, 0.3) is 0 Å². The molecule has 0 aliphatic rings. The molecule has 5 heteroatoms. The van der Waals surface area contributed by atoms with E-state index < -0.39 is 23.3 Å². The molecule has 3 aromatic rings. The molecule has 0 aliphatic heterocycles. The van der Waals surface area contributed by atoms with Gasteiger partial charge < -0.3 is 0 Å². The van der Waals surface area contributed by atoms with Crippen LogP contribution in [-0.2, 0) is 25.7 Å². The van der Waals surface area contributed by atoms with Gasteiger partial charge in [-0.2, -0.15) is 0 Å². The second-order valence-corrected chi connectivity index (χ2v) is 7.32. The zero-order valence-electron chi connectivity index (χ0n) is 16.3. The van der Waals surface area contributed by atoms with Crippen LogP contribution >= 0.6 is 0 Å². The van der Waals surface area contributed by atoms with E-state index >= 15 is 0 Å². The number of rotatable bonds is 6. The Labute approximate surface area is 167 Å². The van der Waals surface area contributed by atoms with E-state index in [4.69, 9.17) is 0 Å². The van der Waals surface area contributed by atoms with Crippen molar-refractivity contribution in [3.8, 4) is 0 Å². The van der Waals surface area contributed by atoms with Gasteiger partial charge in [-0.15, -0.1) is 0 Å². The molecule has 3 rings (SSSR count). The van der Waals surface area contributed by atoms with Gasteiger partial charge in [-0.05, 0) is 92.1 Å². The average Bonchev–Trinajstić information content (AvgIpc) is 2.65. The molecule has 152 valence electrons. The van der Waals surface area contributed by atoms with E-state index in [9.17, 15) is 22.0 Å². The highest BCUT2D eigenvalue weighted by Gasteiger charge is 2.14. The second kappa shape index (κ2) is 8.76. The molecule has 0 saturated carbocycles. The summed E-state index contributed by atoms with van der Waals surface area (Å²) in [5, 5.41) is 0. The minimum absolute atomic E-state index is 0.0340. The van der Waals surface area contributed by atoms with Crippen molar-refractivity contribution in [1.29, 1.82) is 0 Å². The van der Waals surface area contributed by atoms with E-state index in [-0.39, 0.29) is 42.6 Å². The van der Waals surface area contributed by atoms with E-state index in [1.807, 2.05) is 0 Å². The van der Waals surface area contributed by atoms with Crippen LogP contribution in [0, 0.1) is 42.9 Å². The first-order valence-corrected chi connectivity index (χ1v) is 9.41. The summed E-state index contributed by atoms with van der Waals surface area (Å²) in [6.45, 7) is 3.12. The topological polar surface area (TPSA) is 0 Å². The van der Waals surface area contributed by atoms with Gasteiger partial charge in [0.2, 0.25) is 0 Å². The predicted molar refractivity (Wildman–Crippen MR) is 103 cm³/mol. The lowest BCUT2D eigenvalue weighted by Crippen LogP contribution is -2.03. The fraction of sp³-hybridized carbons (Fsp3) is 0.250. The second-order valence-electron chi connectivity index (χ2n) is 7.32. The third-order valence-electron chi connectivity index (χ3n) is 5.10. The zero-order chi connectivity index (χ0) is 21.1. The van der Waals surface area contributed by atoms with Gasteiger partial charge in [-0.3, -0.25) is 0 Å². The Morgan fingerprint density at radius 1 is 0.552 bits per heavy atom. The van der Waals surface area contributed by atoms with E-state index in [1.165, 1.54) is 37.3 Å². The quantitative estimate of drug-likeness (QED) is 0.408. The Balaban J connectivity index is 1.70. The molecule has 0 heterocycles. The molecule has 0 aliphatic carbocycles. The standard InChI is InChI=1S/C24H21F5/c1-14-3-6-18(22(27)9-14)7-8-19-23(28)12-17(13-24(19)29)5-4-16-10-20(25)15(2)21(26)11-16/h3,6,9-13H,4-5,7-8H2,1-2H3. The zero-order valence-corrected chi connectivity index (χ0v) is 16.3. The van der Waals surface area contributed by atoms with Gasteiger partial charge in [0, 0.05) is 11.1 Å². The summed E-state index contributed by atoms with van der Waals surface area (Å²) in [5.74, 6) is -3.07. The van der Waals surface area contributed by atoms with Crippen LogP contribution in [0.25, 0.3) is 0 Å². The van der Waals surface area contributed by atoms with Crippen molar-refractivity contribution in [2.24, 2.45) is 0 Å². The van der Waals surface area contributed by atoms with Crippen LogP contribution in [0.15, 0.2) is 42.5 Å². The first kappa shape index (κ1) is 21.0. The first-order valence-electron chi connectivity index (χ1n) is 9.41. The molecule has 0 aromatic heterocycles. The van der Waals surface area contributed by atoms with Crippen LogP contribution in [0.2, 0.25) is 0 Å². The van der Waals surface area contributed by atoms with Crippen molar-refractivity contribution in [3.05, 3.63) is 105 Å². The highest BCUT2D eigenvalue weighted by Crippen LogP contribution is 2.21. The molecular formula is C24H21F5. The fourth-order valence-electron chi connectivity index (χ4n) is 3.28. The SMILES string of the molecule is Cc1ccc(CCc2c(F)cc(CCc3cc(F)c(C)c(F)c3)cc2F)c(F)c1. The Bertz CT molecular complexity index is 993. The molecular weight excluding hydrogens is 383 g/mol. The fourth-order valence-corrected chi connectivity index (χ4v) is 3.28. The molecule has 0 amide bonds. The van der Waals surface area contributed by atoms with Crippen molar-refractivity contribution in [2.75, 3.05) is 0 Å². The molecule has 0 bridgehead atoms. The maximum Gasteiger partial charge on any atom is 0.129 e. The van der Waals surface area contributed by atoms with Crippen LogP contribution in [0.5, 0.6) is 0 Å². The largest absolute Gasteiger partial charge is 0.207 e. The molecule has 3 aromatic carbocycles. The maximum atomic E-state index is 14.4. The summed E-state index contributed by atoms with van der Waals surface area (Å²) >= 11 is 0. The van der Waals surface area contributed by atoms with Crippen molar-refractivity contribution >= 4 is 0 Å². The monoisotopic (exact) mass is 404 g/mol. The highest BCUT2D eigenvalue weighted by molar-refractivity contribution is 5.31. The molecule has 0 fully saturated rings. The number of hydrogen-bond donors (Lipinski definition) is 0. The van der Waals surface area contributed by atoms with Crippen LogP contribution in [0.1, 0.15) is 33.4 Å². The van der Waals surface area contributed by atoms with Crippen molar-refractivity contribution < 1.29 is 22.0 Å². The van der Waals surface area contributed by atoms with Crippen LogP contribution in [-0.4, -0.2) is 0 Å². The molecule has 0 saturated heterocycles. The van der Waals surface area contributed by atoms with Gasteiger partial charge in [-0.25, -0.2) is 22.0 Å². The van der Waals surface area contributed by atoms with Crippen molar-refractivity contribution in [2.45, 2.75) is 39.5 Å². The lowest BCUT2D eigenvalue weighted by Gasteiger charge is -2.10. The van der Waals surface area contributed by atoms with E-state index in [0.29, 0.717) is 16.7 Å². The summed E-state index contributed by atoms with van der Waals surface area (Å²) in [4.78, 5) is 0. The summed E-state index contributed by atoms with van der Waals surface area (Å²) in [5.41, 5.74) is 1.85. The number of aryl methyl sites for hydroxylation is 4. The third kappa shape index (κ3) is 5.03. The summed E-state index contributed by atoms with van der Waals surface area (Å²) in [6, 6.07) is 9.68. The Morgan fingerprint density at radius 2 is 1.07 bits per heavy atom. The van der Waals surface area contributed by atoms with Gasteiger partial charge >= 0.3 is 0 Å². The minimum atomic E-state index is -0.700. The molecule has 0 radical (unpaired) electrons. The Hall–Kier alpha value is -2.69. The van der Waals surface area contributed by atoms with Crippen LogP contribution in [0.3, 0.4) is 0 Å². The molecule has 0 spiro atoms. The van der Waals surface area contributed by atoms with Gasteiger partial charge in [0.1, 0.15) is 29.1 Å².